The molecule has 40 heavy (non-hydrogen) atoms. The molecule has 0 saturated carbocycles. The van der Waals surface area contributed by atoms with Crippen molar-refractivity contribution >= 4 is 28.7 Å². The topological polar surface area (TPSA) is 95.0 Å². The van der Waals surface area contributed by atoms with Gasteiger partial charge in [0.15, 0.2) is 0 Å². The summed E-state index contributed by atoms with van der Waals surface area (Å²) in [6.45, 7) is 2.93. The van der Waals surface area contributed by atoms with Crippen molar-refractivity contribution in [1.29, 1.82) is 0 Å². The number of alkyl halides is 5. The number of pyridine rings is 1. The van der Waals surface area contributed by atoms with Crippen LogP contribution in [-0.4, -0.2) is 79.2 Å². The Morgan fingerprint density at radius 1 is 1.10 bits per heavy atom. The van der Waals surface area contributed by atoms with Crippen LogP contribution in [0.2, 0.25) is 0 Å². The Hall–Kier alpha value is -4.07. The van der Waals surface area contributed by atoms with Gasteiger partial charge in [-0.15, -0.1) is 0 Å². The van der Waals surface area contributed by atoms with E-state index >= 15 is 0 Å². The van der Waals surface area contributed by atoms with Gasteiger partial charge in [0.05, 0.1) is 17.2 Å². The van der Waals surface area contributed by atoms with E-state index in [4.69, 9.17) is 0 Å². The molecule has 9 nitrogen and oxygen atoms in total. The molecule has 1 amide bonds. The lowest BCUT2D eigenvalue weighted by Gasteiger charge is -2.38. The number of fused-ring (bicyclic) bond motifs is 1. The number of aromatic amines is 1. The lowest BCUT2D eigenvalue weighted by Crippen LogP contribution is -2.50. The first-order valence-electron chi connectivity index (χ1n) is 12.7. The minimum atomic E-state index is -4.51. The number of rotatable bonds is 8. The molecular weight excluding hydrogens is 535 g/mol. The van der Waals surface area contributed by atoms with Crippen molar-refractivity contribution in [3.63, 3.8) is 0 Å². The van der Waals surface area contributed by atoms with E-state index in [0.29, 0.717) is 35.9 Å². The van der Waals surface area contributed by atoms with Crippen LogP contribution in [0.1, 0.15) is 24.9 Å². The summed E-state index contributed by atoms with van der Waals surface area (Å²) in [5.74, 6) is 0.125. The number of imidazole rings is 1. The van der Waals surface area contributed by atoms with E-state index in [1.807, 2.05) is 37.3 Å². The van der Waals surface area contributed by atoms with Gasteiger partial charge in [0, 0.05) is 50.2 Å². The van der Waals surface area contributed by atoms with Crippen molar-refractivity contribution in [2.24, 2.45) is 0 Å². The van der Waals surface area contributed by atoms with E-state index in [9.17, 15) is 26.7 Å². The molecular formula is C26H27F5N8O. The van der Waals surface area contributed by atoms with Gasteiger partial charge in [-0.05, 0) is 42.3 Å². The molecule has 212 valence electrons. The standard InChI is InChI=1S/C26H27F5N8O/c1-16(37-6-8-38(9-7-37)24(40)12-26(29,30)31)17-4-5-32-23(11-17)36-25-34-20-3-2-18(10-21(20)35-25)19-13-33-39(14-19)15-22(27)28/h2-5,10-11,13-14,16,22H,6-9,12,15H2,1H3,(H2,32,34,35,36). The van der Waals surface area contributed by atoms with Crippen LogP contribution in [0.25, 0.3) is 22.2 Å². The smallest absolute Gasteiger partial charge is 0.340 e. The van der Waals surface area contributed by atoms with Gasteiger partial charge in [-0.3, -0.25) is 14.4 Å². The first kappa shape index (κ1) is 27.5. The van der Waals surface area contributed by atoms with Crippen LogP contribution in [0.4, 0.5) is 33.7 Å². The molecule has 14 heteroatoms. The second kappa shape index (κ2) is 11.2. The van der Waals surface area contributed by atoms with Crippen molar-refractivity contribution in [2.75, 3.05) is 31.5 Å². The Morgan fingerprint density at radius 2 is 1.88 bits per heavy atom. The van der Waals surface area contributed by atoms with Gasteiger partial charge in [0.25, 0.3) is 6.43 Å². The number of halogens is 5. The van der Waals surface area contributed by atoms with Crippen LogP contribution in [0.5, 0.6) is 0 Å². The van der Waals surface area contributed by atoms with Crippen molar-refractivity contribution in [2.45, 2.75) is 38.5 Å². The number of hydrogen-bond acceptors (Lipinski definition) is 6. The molecule has 3 aromatic heterocycles. The molecule has 1 aliphatic rings. The summed E-state index contributed by atoms with van der Waals surface area (Å²) in [6, 6.07) is 9.23. The summed E-state index contributed by atoms with van der Waals surface area (Å²) >= 11 is 0. The number of benzene rings is 1. The maximum atomic E-state index is 12.6. The zero-order valence-corrected chi connectivity index (χ0v) is 21.5. The Balaban J connectivity index is 1.23. The highest BCUT2D eigenvalue weighted by Gasteiger charge is 2.35. The molecule has 0 spiro atoms. The second-order valence-electron chi connectivity index (χ2n) is 9.64. The van der Waals surface area contributed by atoms with Crippen molar-refractivity contribution in [1.82, 2.24) is 34.5 Å². The number of nitrogens with one attached hydrogen (secondary N) is 2. The Kier molecular flexibility index (Phi) is 7.70. The quantitative estimate of drug-likeness (QED) is 0.294. The fraction of sp³-hybridized carbons (Fsp3) is 0.385. The SMILES string of the molecule is CC(c1ccnc(Nc2nc3ccc(-c4cnn(CC(F)F)c4)cc3[nH]2)c1)N1CCN(C(=O)CC(F)(F)F)CC1. The average Bonchev–Trinajstić information content (AvgIpc) is 3.53. The predicted octanol–water partition coefficient (Wildman–Crippen LogP) is 4.99. The number of carbonyl (C=O) groups is 1. The van der Waals surface area contributed by atoms with Gasteiger partial charge in [0.1, 0.15) is 18.8 Å². The van der Waals surface area contributed by atoms with Crippen molar-refractivity contribution < 1.29 is 26.7 Å². The predicted molar refractivity (Wildman–Crippen MR) is 138 cm³/mol. The Labute approximate surface area is 226 Å². The largest absolute Gasteiger partial charge is 0.397 e. The molecule has 0 radical (unpaired) electrons. The second-order valence-corrected chi connectivity index (χ2v) is 9.64. The van der Waals surface area contributed by atoms with Crippen LogP contribution >= 0.6 is 0 Å². The zero-order chi connectivity index (χ0) is 28.4. The third kappa shape index (κ3) is 6.55. The molecule has 1 saturated heterocycles. The van der Waals surface area contributed by atoms with Gasteiger partial charge in [0.2, 0.25) is 11.9 Å². The van der Waals surface area contributed by atoms with Gasteiger partial charge in [-0.1, -0.05) is 6.07 Å². The highest BCUT2D eigenvalue weighted by Crippen LogP contribution is 2.27. The minimum absolute atomic E-state index is 0.0485. The number of anilines is 2. The van der Waals surface area contributed by atoms with E-state index in [2.05, 4.69) is 30.3 Å². The Morgan fingerprint density at radius 3 is 2.60 bits per heavy atom. The minimum Gasteiger partial charge on any atom is -0.340 e. The number of carbonyl (C=O) groups excluding carboxylic acids is 1. The Bertz CT molecular complexity index is 1480. The lowest BCUT2D eigenvalue weighted by molar-refractivity contribution is -0.162. The molecule has 5 rings (SSSR count). The molecule has 2 N–H and O–H groups in total. The fourth-order valence-electron chi connectivity index (χ4n) is 4.75. The monoisotopic (exact) mass is 562 g/mol. The molecule has 1 unspecified atom stereocenters. The van der Waals surface area contributed by atoms with Gasteiger partial charge >= 0.3 is 6.18 Å². The fourth-order valence-corrected chi connectivity index (χ4v) is 4.75. The van der Waals surface area contributed by atoms with Crippen LogP contribution < -0.4 is 5.32 Å². The molecule has 1 fully saturated rings. The molecule has 0 aliphatic carbocycles. The number of nitrogens with zero attached hydrogens (tertiary/aromatic N) is 6. The highest BCUT2D eigenvalue weighted by atomic mass is 19.4. The number of amides is 1. The summed E-state index contributed by atoms with van der Waals surface area (Å²) < 4.78 is 64.2. The van der Waals surface area contributed by atoms with Crippen molar-refractivity contribution in [3.05, 3.63) is 54.5 Å². The van der Waals surface area contributed by atoms with Crippen LogP contribution in [0, 0.1) is 0 Å². The average molecular weight is 563 g/mol. The molecule has 4 aromatic rings. The van der Waals surface area contributed by atoms with Gasteiger partial charge in [-0.25, -0.2) is 18.7 Å². The summed E-state index contributed by atoms with van der Waals surface area (Å²) in [7, 11) is 0. The summed E-state index contributed by atoms with van der Waals surface area (Å²) in [5.41, 5.74) is 3.91. The van der Waals surface area contributed by atoms with Gasteiger partial charge in [-0.2, -0.15) is 18.3 Å². The summed E-state index contributed by atoms with van der Waals surface area (Å²) in [5, 5.41) is 7.15. The van der Waals surface area contributed by atoms with Crippen LogP contribution in [-0.2, 0) is 11.3 Å². The zero-order valence-electron chi connectivity index (χ0n) is 21.5. The first-order chi connectivity index (χ1) is 19.0. The number of H-pyrrole nitrogens is 1. The van der Waals surface area contributed by atoms with Crippen molar-refractivity contribution in [3.8, 4) is 11.1 Å². The third-order valence-electron chi connectivity index (χ3n) is 6.85. The van der Waals surface area contributed by atoms with E-state index in [-0.39, 0.29) is 19.1 Å². The van der Waals surface area contributed by atoms with Gasteiger partial charge < -0.3 is 15.2 Å². The normalized spacial score (nSPS) is 15.6. The summed E-state index contributed by atoms with van der Waals surface area (Å²) in [4.78, 5) is 27.4. The molecule has 1 aromatic carbocycles. The van der Waals surface area contributed by atoms with E-state index in [0.717, 1.165) is 16.6 Å². The molecule has 1 atom stereocenters. The lowest BCUT2D eigenvalue weighted by atomic mass is 10.1. The highest BCUT2D eigenvalue weighted by molar-refractivity contribution is 5.83. The maximum Gasteiger partial charge on any atom is 0.397 e. The molecule has 0 bridgehead atoms. The molecule has 4 heterocycles. The summed E-state index contributed by atoms with van der Waals surface area (Å²) in [6.07, 6.45) is -3.66. The van der Waals surface area contributed by atoms with E-state index in [1.165, 1.54) is 15.8 Å². The van der Waals surface area contributed by atoms with Crippen LogP contribution in [0.15, 0.2) is 48.9 Å². The van der Waals surface area contributed by atoms with Crippen LogP contribution in [0.3, 0.4) is 0 Å². The number of aromatic nitrogens is 5. The number of hydrogen-bond donors (Lipinski definition) is 2. The maximum absolute atomic E-state index is 12.6. The number of piperazine rings is 1. The van der Waals surface area contributed by atoms with E-state index < -0.39 is 31.5 Å². The first-order valence-corrected chi connectivity index (χ1v) is 12.7. The third-order valence-corrected chi connectivity index (χ3v) is 6.85. The van der Waals surface area contributed by atoms with E-state index in [1.54, 1.807) is 12.4 Å². The molecule has 1 aliphatic heterocycles.